The third-order valence-electron chi connectivity index (χ3n) is 4.50. The maximum Gasteiger partial charge on any atom is 0.0925 e. The van der Waals surface area contributed by atoms with Crippen LogP contribution in [0.1, 0.15) is 24.2 Å². The smallest absolute Gasteiger partial charge is 0.0925 e. The fraction of sp³-hybridized carbons (Fsp3) is 0.786. The molecular weight excluding hydrogens is 238 g/mol. The van der Waals surface area contributed by atoms with Crippen molar-refractivity contribution in [3.8, 4) is 0 Å². The van der Waals surface area contributed by atoms with Crippen LogP contribution in [0.15, 0.2) is 6.33 Å². The molecule has 0 saturated carbocycles. The van der Waals surface area contributed by atoms with Crippen molar-refractivity contribution in [3.05, 3.63) is 17.7 Å². The Kier molecular flexibility index (Phi) is 3.86. The van der Waals surface area contributed by atoms with Crippen molar-refractivity contribution < 1.29 is 0 Å². The number of aromatic nitrogens is 2. The fourth-order valence-corrected chi connectivity index (χ4v) is 3.29. The molecule has 1 saturated heterocycles. The maximum atomic E-state index is 4.42. The highest BCUT2D eigenvalue weighted by atomic mass is 15.2. The van der Waals surface area contributed by atoms with Gasteiger partial charge in [-0.25, -0.2) is 4.98 Å². The van der Waals surface area contributed by atoms with Crippen LogP contribution < -0.4 is 5.32 Å². The van der Waals surface area contributed by atoms with E-state index in [0.29, 0.717) is 6.04 Å². The lowest BCUT2D eigenvalue weighted by Gasteiger charge is -2.38. The maximum absolute atomic E-state index is 4.42. The van der Waals surface area contributed by atoms with Gasteiger partial charge < -0.3 is 20.1 Å². The molecule has 3 rings (SSSR count). The summed E-state index contributed by atoms with van der Waals surface area (Å²) in [5.74, 6) is 0. The lowest BCUT2D eigenvalue weighted by molar-refractivity contribution is 0.122. The molecule has 0 amide bonds. The van der Waals surface area contributed by atoms with Crippen molar-refractivity contribution in [2.75, 3.05) is 33.7 Å². The minimum atomic E-state index is 0.553. The van der Waals surface area contributed by atoms with Crippen molar-refractivity contribution in [1.29, 1.82) is 0 Å². The molecule has 0 radical (unpaired) electrons. The molecule has 2 atom stereocenters. The molecule has 2 unspecified atom stereocenters. The molecule has 2 aliphatic rings. The van der Waals surface area contributed by atoms with Gasteiger partial charge >= 0.3 is 0 Å². The second-order valence-electron chi connectivity index (χ2n) is 6.13. The number of piperidine rings is 1. The monoisotopic (exact) mass is 263 g/mol. The van der Waals surface area contributed by atoms with Crippen molar-refractivity contribution in [2.24, 2.45) is 0 Å². The van der Waals surface area contributed by atoms with Crippen LogP contribution >= 0.6 is 0 Å². The Labute approximate surface area is 115 Å². The van der Waals surface area contributed by atoms with Crippen LogP contribution in [0.2, 0.25) is 0 Å². The molecule has 0 aromatic carbocycles. The number of likely N-dealkylation sites (tertiary alicyclic amines) is 1. The van der Waals surface area contributed by atoms with Gasteiger partial charge in [-0.2, -0.15) is 0 Å². The Morgan fingerprint density at radius 2 is 2.37 bits per heavy atom. The van der Waals surface area contributed by atoms with Crippen LogP contribution in [0.3, 0.4) is 0 Å². The second kappa shape index (κ2) is 5.61. The van der Waals surface area contributed by atoms with Crippen LogP contribution in [-0.2, 0) is 13.0 Å². The molecular formula is C14H25N5. The van der Waals surface area contributed by atoms with E-state index in [1.807, 2.05) is 6.33 Å². The Hall–Kier alpha value is -0.910. The molecule has 2 aliphatic heterocycles. The van der Waals surface area contributed by atoms with E-state index in [4.69, 9.17) is 0 Å². The summed E-state index contributed by atoms with van der Waals surface area (Å²) in [5.41, 5.74) is 2.52. The summed E-state index contributed by atoms with van der Waals surface area (Å²) in [6.07, 6.45) is 5.54. The SMILES string of the molecule is CN(C)C1CCCN(CC2Cc3nc[nH]c3CN2)C1. The highest BCUT2D eigenvalue weighted by molar-refractivity contribution is 5.16. The minimum Gasteiger partial charge on any atom is -0.347 e. The molecule has 1 fully saturated rings. The van der Waals surface area contributed by atoms with Crippen LogP contribution in [0.4, 0.5) is 0 Å². The van der Waals surface area contributed by atoms with Gasteiger partial charge in [0, 0.05) is 38.1 Å². The summed E-state index contributed by atoms with van der Waals surface area (Å²) >= 11 is 0. The molecule has 0 aliphatic carbocycles. The first-order chi connectivity index (χ1) is 9.22. The second-order valence-corrected chi connectivity index (χ2v) is 6.13. The van der Waals surface area contributed by atoms with Gasteiger partial charge in [-0.05, 0) is 33.5 Å². The number of nitrogens with zero attached hydrogens (tertiary/aromatic N) is 3. The van der Waals surface area contributed by atoms with E-state index in [9.17, 15) is 0 Å². The predicted molar refractivity (Wildman–Crippen MR) is 76.1 cm³/mol. The summed E-state index contributed by atoms with van der Waals surface area (Å²) < 4.78 is 0. The van der Waals surface area contributed by atoms with Crippen molar-refractivity contribution >= 4 is 0 Å². The van der Waals surface area contributed by atoms with Gasteiger partial charge in [-0.3, -0.25) is 0 Å². The highest BCUT2D eigenvalue weighted by Gasteiger charge is 2.26. The summed E-state index contributed by atoms with van der Waals surface area (Å²) in [6, 6.07) is 1.27. The van der Waals surface area contributed by atoms with E-state index in [2.05, 4.69) is 39.2 Å². The topological polar surface area (TPSA) is 47.2 Å². The zero-order valence-electron chi connectivity index (χ0n) is 12.0. The average Bonchev–Trinajstić information content (AvgIpc) is 2.86. The first-order valence-corrected chi connectivity index (χ1v) is 7.35. The van der Waals surface area contributed by atoms with E-state index in [-0.39, 0.29) is 0 Å². The van der Waals surface area contributed by atoms with Gasteiger partial charge in [0.25, 0.3) is 0 Å². The van der Waals surface area contributed by atoms with Gasteiger partial charge in [0.2, 0.25) is 0 Å². The van der Waals surface area contributed by atoms with Crippen LogP contribution in [-0.4, -0.2) is 65.6 Å². The van der Waals surface area contributed by atoms with Gasteiger partial charge in [0.15, 0.2) is 0 Å². The number of fused-ring (bicyclic) bond motifs is 1. The normalized spacial score (nSPS) is 28.6. The number of nitrogens with one attached hydrogen (secondary N) is 2. The zero-order valence-corrected chi connectivity index (χ0v) is 12.0. The molecule has 19 heavy (non-hydrogen) atoms. The standard InChI is InChI=1S/C14H25N5/c1-18(2)12-4-3-5-19(9-12)8-11-6-13-14(7-15-11)17-10-16-13/h10-12,15H,3-9H2,1-2H3,(H,16,17). The first kappa shape index (κ1) is 13.1. The number of likely N-dealkylation sites (N-methyl/N-ethyl adjacent to an activating group) is 1. The van der Waals surface area contributed by atoms with E-state index in [1.165, 1.54) is 37.3 Å². The Morgan fingerprint density at radius 1 is 1.47 bits per heavy atom. The van der Waals surface area contributed by atoms with Crippen molar-refractivity contribution in [2.45, 2.75) is 37.9 Å². The van der Waals surface area contributed by atoms with E-state index < -0.39 is 0 Å². The predicted octanol–water partition coefficient (Wildman–Crippen LogP) is 0.450. The van der Waals surface area contributed by atoms with E-state index in [0.717, 1.165) is 25.6 Å². The van der Waals surface area contributed by atoms with Crippen molar-refractivity contribution in [1.82, 2.24) is 25.1 Å². The van der Waals surface area contributed by atoms with Crippen LogP contribution in [0.5, 0.6) is 0 Å². The molecule has 3 heterocycles. The van der Waals surface area contributed by atoms with Gasteiger partial charge in [-0.1, -0.05) is 0 Å². The molecule has 1 aromatic rings. The summed E-state index contributed by atoms with van der Waals surface area (Å²) in [4.78, 5) is 12.6. The number of rotatable bonds is 3. The number of aromatic amines is 1. The third-order valence-corrected chi connectivity index (χ3v) is 4.50. The van der Waals surface area contributed by atoms with Gasteiger partial charge in [0.05, 0.1) is 17.7 Å². The Bertz CT molecular complexity index is 414. The summed E-state index contributed by atoms with van der Waals surface area (Å²) in [6.45, 7) is 4.54. The fourth-order valence-electron chi connectivity index (χ4n) is 3.29. The molecule has 5 heteroatoms. The minimum absolute atomic E-state index is 0.553. The molecule has 1 aromatic heterocycles. The molecule has 106 valence electrons. The molecule has 0 spiro atoms. The number of hydrogen-bond acceptors (Lipinski definition) is 4. The Morgan fingerprint density at radius 3 is 3.21 bits per heavy atom. The van der Waals surface area contributed by atoms with Gasteiger partial charge in [0.1, 0.15) is 0 Å². The lowest BCUT2D eigenvalue weighted by atomic mass is 10.0. The van der Waals surface area contributed by atoms with Gasteiger partial charge in [-0.15, -0.1) is 0 Å². The van der Waals surface area contributed by atoms with Crippen LogP contribution in [0, 0.1) is 0 Å². The summed E-state index contributed by atoms with van der Waals surface area (Å²) in [5, 5.41) is 3.63. The van der Waals surface area contributed by atoms with E-state index in [1.54, 1.807) is 0 Å². The first-order valence-electron chi connectivity index (χ1n) is 7.35. The quantitative estimate of drug-likeness (QED) is 0.831. The van der Waals surface area contributed by atoms with Crippen LogP contribution in [0.25, 0.3) is 0 Å². The zero-order chi connectivity index (χ0) is 13.2. The average molecular weight is 263 g/mol. The number of hydrogen-bond donors (Lipinski definition) is 2. The number of imidazole rings is 1. The lowest BCUT2D eigenvalue weighted by Crippen LogP contribution is -2.51. The largest absolute Gasteiger partial charge is 0.347 e. The summed E-state index contributed by atoms with van der Waals surface area (Å²) in [7, 11) is 4.39. The molecule has 2 N–H and O–H groups in total. The van der Waals surface area contributed by atoms with Crippen molar-refractivity contribution in [3.63, 3.8) is 0 Å². The number of H-pyrrole nitrogens is 1. The third kappa shape index (κ3) is 2.99. The molecule has 0 bridgehead atoms. The highest BCUT2D eigenvalue weighted by Crippen LogP contribution is 2.17. The van der Waals surface area contributed by atoms with E-state index >= 15 is 0 Å². The Balaban J connectivity index is 1.54. The molecule has 5 nitrogen and oxygen atoms in total.